The number of hydrogen-bond donors (Lipinski definition) is 2. The topological polar surface area (TPSA) is 40.5 Å². The Morgan fingerprint density at radius 1 is 0.857 bits per heavy atom. The fraction of sp³-hybridized carbons (Fsp3) is 0.500. The SMILES string of the molecule is Oc1ccc(O)c2c1C1CC2[C@H]2CC12. The molecule has 72 valence electrons. The highest BCUT2D eigenvalue weighted by Crippen LogP contribution is 2.73. The molecule has 0 radical (unpaired) electrons. The molecule has 1 aromatic carbocycles. The van der Waals surface area contributed by atoms with Crippen LogP contribution in [0.1, 0.15) is 35.8 Å². The monoisotopic (exact) mass is 188 g/mol. The number of phenols is 2. The zero-order chi connectivity index (χ0) is 9.45. The fourth-order valence-corrected chi connectivity index (χ4v) is 3.84. The van der Waals surface area contributed by atoms with Crippen LogP contribution in [-0.4, -0.2) is 10.2 Å². The summed E-state index contributed by atoms with van der Waals surface area (Å²) in [5.41, 5.74) is 2.13. The first-order valence-electron chi connectivity index (χ1n) is 5.32. The molecule has 2 fully saturated rings. The molecule has 3 unspecified atom stereocenters. The van der Waals surface area contributed by atoms with Crippen molar-refractivity contribution in [2.75, 3.05) is 0 Å². The van der Waals surface area contributed by atoms with E-state index in [4.69, 9.17) is 0 Å². The lowest BCUT2D eigenvalue weighted by Gasteiger charge is -2.16. The normalized spacial score (nSPS) is 40.9. The lowest BCUT2D eigenvalue weighted by Crippen LogP contribution is -2.01. The minimum atomic E-state index is 0.399. The van der Waals surface area contributed by atoms with Crippen LogP contribution in [0, 0.1) is 11.8 Å². The Morgan fingerprint density at radius 3 is 1.86 bits per heavy atom. The Balaban J connectivity index is 2.04. The molecule has 2 bridgehead atoms. The second-order valence-electron chi connectivity index (χ2n) is 4.94. The summed E-state index contributed by atoms with van der Waals surface area (Å²) in [5, 5.41) is 19.6. The average molecular weight is 188 g/mol. The van der Waals surface area contributed by atoms with E-state index in [2.05, 4.69) is 0 Å². The summed E-state index contributed by atoms with van der Waals surface area (Å²) in [6.07, 6.45) is 2.47. The largest absolute Gasteiger partial charge is 0.508 e. The summed E-state index contributed by atoms with van der Waals surface area (Å²) in [5.74, 6) is 3.53. The molecule has 0 saturated heterocycles. The van der Waals surface area contributed by atoms with Gasteiger partial charge in [0.2, 0.25) is 0 Å². The van der Waals surface area contributed by atoms with E-state index in [-0.39, 0.29) is 0 Å². The van der Waals surface area contributed by atoms with Crippen LogP contribution in [-0.2, 0) is 0 Å². The van der Waals surface area contributed by atoms with E-state index >= 15 is 0 Å². The Labute approximate surface area is 82.2 Å². The van der Waals surface area contributed by atoms with Crippen molar-refractivity contribution in [3.8, 4) is 11.5 Å². The van der Waals surface area contributed by atoms with Gasteiger partial charge in [0.05, 0.1) is 0 Å². The van der Waals surface area contributed by atoms with Crippen molar-refractivity contribution in [2.24, 2.45) is 11.8 Å². The Bertz CT molecular complexity index is 399. The van der Waals surface area contributed by atoms with Gasteiger partial charge in [-0.05, 0) is 48.6 Å². The van der Waals surface area contributed by atoms with E-state index in [0.717, 1.165) is 29.4 Å². The zero-order valence-corrected chi connectivity index (χ0v) is 7.77. The maximum absolute atomic E-state index is 9.80. The maximum Gasteiger partial charge on any atom is 0.119 e. The number of fused-ring (bicyclic) bond motifs is 8. The van der Waals surface area contributed by atoms with E-state index < -0.39 is 0 Å². The number of rotatable bonds is 0. The van der Waals surface area contributed by atoms with Crippen molar-refractivity contribution in [3.63, 3.8) is 0 Å². The van der Waals surface area contributed by atoms with Crippen LogP contribution in [0.5, 0.6) is 11.5 Å². The number of hydrogen-bond acceptors (Lipinski definition) is 2. The third kappa shape index (κ3) is 0.597. The summed E-state index contributed by atoms with van der Waals surface area (Å²) >= 11 is 0. The smallest absolute Gasteiger partial charge is 0.119 e. The second kappa shape index (κ2) is 1.92. The van der Waals surface area contributed by atoms with E-state index in [1.54, 1.807) is 12.1 Å². The molecule has 0 aliphatic heterocycles. The molecule has 3 aliphatic rings. The average Bonchev–Trinajstić information content (AvgIpc) is 2.79. The Kier molecular flexibility index (Phi) is 0.983. The lowest BCUT2D eigenvalue weighted by molar-refractivity contribution is 0.440. The highest BCUT2D eigenvalue weighted by atomic mass is 16.3. The maximum atomic E-state index is 9.80. The highest BCUT2D eigenvalue weighted by Gasteiger charge is 2.61. The molecule has 2 N–H and O–H groups in total. The third-order valence-corrected chi connectivity index (χ3v) is 4.42. The van der Waals surface area contributed by atoms with Gasteiger partial charge < -0.3 is 10.2 Å². The molecule has 0 amide bonds. The van der Waals surface area contributed by atoms with Gasteiger partial charge in [0.15, 0.2) is 0 Å². The number of benzene rings is 1. The summed E-state index contributed by atoms with van der Waals surface area (Å²) in [6.45, 7) is 0. The molecule has 0 aromatic heterocycles. The summed E-state index contributed by atoms with van der Waals surface area (Å²) in [6, 6.07) is 3.26. The van der Waals surface area contributed by atoms with Crippen LogP contribution in [0.4, 0.5) is 0 Å². The summed E-state index contributed by atoms with van der Waals surface area (Å²) in [7, 11) is 0. The van der Waals surface area contributed by atoms with Crippen LogP contribution < -0.4 is 0 Å². The van der Waals surface area contributed by atoms with Crippen molar-refractivity contribution in [2.45, 2.75) is 24.7 Å². The Hall–Kier alpha value is -1.18. The van der Waals surface area contributed by atoms with Gasteiger partial charge in [-0.15, -0.1) is 0 Å². The fourth-order valence-electron chi connectivity index (χ4n) is 3.84. The van der Waals surface area contributed by atoms with Crippen molar-refractivity contribution < 1.29 is 10.2 Å². The van der Waals surface area contributed by atoms with Crippen LogP contribution >= 0.6 is 0 Å². The molecule has 0 heterocycles. The molecule has 14 heavy (non-hydrogen) atoms. The molecule has 2 heteroatoms. The summed E-state index contributed by atoms with van der Waals surface area (Å²) < 4.78 is 0. The minimum absolute atomic E-state index is 0.399. The van der Waals surface area contributed by atoms with Crippen LogP contribution in [0.2, 0.25) is 0 Å². The first-order chi connectivity index (χ1) is 6.77. The van der Waals surface area contributed by atoms with Crippen LogP contribution in [0.25, 0.3) is 0 Å². The van der Waals surface area contributed by atoms with Crippen molar-refractivity contribution in [1.29, 1.82) is 0 Å². The van der Waals surface area contributed by atoms with Gasteiger partial charge in [-0.25, -0.2) is 0 Å². The van der Waals surface area contributed by atoms with Gasteiger partial charge in [0.25, 0.3) is 0 Å². The van der Waals surface area contributed by atoms with Gasteiger partial charge in [-0.3, -0.25) is 0 Å². The summed E-state index contributed by atoms with van der Waals surface area (Å²) in [4.78, 5) is 0. The quantitative estimate of drug-likeness (QED) is 0.613. The second-order valence-corrected chi connectivity index (χ2v) is 4.94. The molecule has 4 atom stereocenters. The molecule has 3 aliphatic carbocycles. The van der Waals surface area contributed by atoms with Crippen LogP contribution in [0.3, 0.4) is 0 Å². The zero-order valence-electron chi connectivity index (χ0n) is 7.77. The van der Waals surface area contributed by atoms with Gasteiger partial charge in [-0.1, -0.05) is 0 Å². The predicted molar refractivity (Wildman–Crippen MR) is 51.5 cm³/mol. The van der Waals surface area contributed by atoms with Gasteiger partial charge in [-0.2, -0.15) is 0 Å². The third-order valence-electron chi connectivity index (χ3n) is 4.42. The Morgan fingerprint density at radius 2 is 1.36 bits per heavy atom. The molecule has 2 saturated carbocycles. The molecule has 2 nitrogen and oxygen atoms in total. The van der Waals surface area contributed by atoms with Crippen molar-refractivity contribution in [3.05, 3.63) is 23.3 Å². The van der Waals surface area contributed by atoms with Crippen molar-refractivity contribution >= 4 is 0 Å². The van der Waals surface area contributed by atoms with Gasteiger partial charge in [0.1, 0.15) is 11.5 Å². The standard InChI is InChI=1S/C12H12O2/c13-9-1-2-10(14)12-8-4-7(11(9)12)5-3-6(5)8/h1-2,5-8,13-14H,3-4H2/t5-,6?,7?,8?/m0/s1. The minimum Gasteiger partial charge on any atom is -0.508 e. The molecule has 0 spiro atoms. The van der Waals surface area contributed by atoms with Gasteiger partial charge in [0, 0.05) is 11.1 Å². The number of phenolic OH excluding ortho intramolecular Hbond substituents is 2. The van der Waals surface area contributed by atoms with Crippen LogP contribution in [0.15, 0.2) is 12.1 Å². The molecular weight excluding hydrogens is 176 g/mol. The lowest BCUT2D eigenvalue weighted by atomic mass is 9.90. The van der Waals surface area contributed by atoms with E-state index in [1.807, 2.05) is 0 Å². The van der Waals surface area contributed by atoms with E-state index in [1.165, 1.54) is 6.42 Å². The highest BCUT2D eigenvalue weighted by molar-refractivity contribution is 5.58. The molecule has 4 rings (SSSR count). The molecular formula is C12H12O2. The van der Waals surface area contributed by atoms with E-state index in [0.29, 0.717) is 23.3 Å². The first kappa shape index (κ1) is 7.16. The van der Waals surface area contributed by atoms with E-state index in [9.17, 15) is 10.2 Å². The van der Waals surface area contributed by atoms with Gasteiger partial charge >= 0.3 is 0 Å². The predicted octanol–water partition coefficient (Wildman–Crippen LogP) is 2.32. The first-order valence-corrected chi connectivity index (χ1v) is 5.32. The van der Waals surface area contributed by atoms with Crippen molar-refractivity contribution in [1.82, 2.24) is 0 Å². The number of aromatic hydroxyl groups is 2. The molecule has 1 aromatic rings.